The number of nitrogens with one attached hydrogen (secondary N) is 3. The summed E-state index contributed by atoms with van der Waals surface area (Å²) in [5.41, 5.74) is 3.83. The average molecular weight is 378 g/mol. The van der Waals surface area contributed by atoms with Crippen LogP contribution in [-0.4, -0.2) is 28.4 Å². The molecular weight excluding hydrogens is 352 g/mol. The lowest BCUT2D eigenvalue weighted by Gasteiger charge is -2.24. The minimum Gasteiger partial charge on any atom is -0.361 e. The molecular formula is C22H26N4O2. The number of H-pyrrole nitrogens is 1. The van der Waals surface area contributed by atoms with Gasteiger partial charge in [-0.05, 0) is 60.7 Å². The second-order valence-electron chi connectivity index (χ2n) is 6.89. The van der Waals surface area contributed by atoms with Gasteiger partial charge < -0.3 is 20.5 Å². The highest BCUT2D eigenvalue weighted by Gasteiger charge is 2.16. The van der Waals surface area contributed by atoms with E-state index in [4.69, 9.17) is 0 Å². The molecule has 3 rings (SSSR count). The second kappa shape index (κ2) is 8.61. The quantitative estimate of drug-likeness (QED) is 0.594. The summed E-state index contributed by atoms with van der Waals surface area (Å²) in [6.07, 6.45) is 1.91. The fourth-order valence-electron chi connectivity index (χ4n) is 3.20. The van der Waals surface area contributed by atoms with Crippen LogP contribution < -0.4 is 10.6 Å². The number of rotatable bonds is 6. The minimum absolute atomic E-state index is 0.117. The van der Waals surface area contributed by atoms with Crippen LogP contribution in [0.3, 0.4) is 0 Å². The first-order valence-electron chi connectivity index (χ1n) is 9.45. The number of anilines is 1. The molecule has 0 saturated heterocycles. The Morgan fingerprint density at radius 3 is 2.71 bits per heavy atom. The van der Waals surface area contributed by atoms with Gasteiger partial charge in [0.2, 0.25) is 5.91 Å². The highest BCUT2D eigenvalue weighted by molar-refractivity contribution is 5.88. The molecule has 0 bridgehead atoms. The van der Waals surface area contributed by atoms with E-state index in [1.54, 1.807) is 4.90 Å². The van der Waals surface area contributed by atoms with Crippen LogP contribution in [0.4, 0.5) is 10.5 Å². The van der Waals surface area contributed by atoms with Crippen molar-refractivity contribution in [1.29, 1.82) is 0 Å². The monoisotopic (exact) mass is 378 g/mol. The molecule has 1 unspecified atom stereocenters. The maximum Gasteiger partial charge on any atom is 0.318 e. The lowest BCUT2D eigenvalue weighted by atomic mass is 10.1. The highest BCUT2D eigenvalue weighted by Crippen LogP contribution is 2.19. The van der Waals surface area contributed by atoms with Gasteiger partial charge in [0, 0.05) is 37.4 Å². The Kier molecular flexibility index (Phi) is 5.99. The zero-order valence-corrected chi connectivity index (χ0v) is 16.5. The van der Waals surface area contributed by atoms with Gasteiger partial charge in [0.1, 0.15) is 0 Å². The molecule has 3 aromatic rings. The molecule has 0 aliphatic heterocycles. The molecule has 1 atom stereocenters. The van der Waals surface area contributed by atoms with E-state index < -0.39 is 0 Å². The minimum atomic E-state index is -0.178. The standard InChI is InChI=1S/C22H26N4O2/c1-4-26(14-17-8-9-21-19(12-17)10-11-23-21)22(28)24-15(2)18-6-5-7-20(13-18)25-16(3)27/h5-13,15,23H,4,14H2,1-3H3,(H,24,28)(H,25,27). The molecule has 1 aromatic heterocycles. The lowest BCUT2D eigenvalue weighted by Crippen LogP contribution is -2.40. The molecule has 0 radical (unpaired) electrons. The van der Waals surface area contributed by atoms with Crippen molar-refractivity contribution in [2.75, 3.05) is 11.9 Å². The van der Waals surface area contributed by atoms with Crippen molar-refractivity contribution < 1.29 is 9.59 Å². The van der Waals surface area contributed by atoms with Crippen LogP contribution in [0.1, 0.15) is 37.9 Å². The average Bonchev–Trinajstić information content (AvgIpc) is 3.13. The van der Waals surface area contributed by atoms with Gasteiger partial charge in [-0.3, -0.25) is 4.79 Å². The fourth-order valence-corrected chi connectivity index (χ4v) is 3.20. The molecule has 2 aromatic carbocycles. The summed E-state index contributed by atoms with van der Waals surface area (Å²) in [6.45, 7) is 6.53. The van der Waals surface area contributed by atoms with Crippen molar-refractivity contribution in [3.8, 4) is 0 Å². The molecule has 0 fully saturated rings. The number of fused-ring (bicyclic) bond motifs is 1. The molecule has 3 amide bonds. The van der Waals surface area contributed by atoms with E-state index >= 15 is 0 Å². The van der Waals surface area contributed by atoms with Crippen molar-refractivity contribution in [2.24, 2.45) is 0 Å². The molecule has 0 spiro atoms. The van der Waals surface area contributed by atoms with Crippen molar-refractivity contribution >= 4 is 28.5 Å². The predicted octanol–water partition coefficient (Wildman–Crippen LogP) is 4.42. The van der Waals surface area contributed by atoms with Crippen molar-refractivity contribution in [2.45, 2.75) is 33.4 Å². The van der Waals surface area contributed by atoms with Crippen LogP contribution in [0.25, 0.3) is 10.9 Å². The van der Waals surface area contributed by atoms with E-state index in [9.17, 15) is 9.59 Å². The number of carbonyl (C=O) groups is 2. The van der Waals surface area contributed by atoms with Crippen molar-refractivity contribution in [3.63, 3.8) is 0 Å². The summed E-state index contributed by atoms with van der Waals surface area (Å²) >= 11 is 0. The SMILES string of the molecule is CCN(Cc1ccc2[nH]ccc2c1)C(=O)NC(C)c1cccc(NC(C)=O)c1. The van der Waals surface area contributed by atoms with E-state index in [1.165, 1.54) is 6.92 Å². The van der Waals surface area contributed by atoms with E-state index in [-0.39, 0.29) is 18.0 Å². The Morgan fingerprint density at radius 1 is 1.14 bits per heavy atom. The van der Waals surface area contributed by atoms with Gasteiger partial charge in [-0.25, -0.2) is 4.79 Å². The summed E-state index contributed by atoms with van der Waals surface area (Å²) in [7, 11) is 0. The van der Waals surface area contributed by atoms with Gasteiger partial charge in [0.25, 0.3) is 0 Å². The molecule has 0 saturated carbocycles. The van der Waals surface area contributed by atoms with Gasteiger partial charge in [-0.1, -0.05) is 18.2 Å². The zero-order chi connectivity index (χ0) is 20.1. The summed E-state index contributed by atoms with van der Waals surface area (Å²) in [5.74, 6) is -0.120. The summed E-state index contributed by atoms with van der Waals surface area (Å²) in [4.78, 5) is 29.0. The number of amides is 3. The first-order valence-corrected chi connectivity index (χ1v) is 9.45. The topological polar surface area (TPSA) is 77.2 Å². The maximum absolute atomic E-state index is 12.8. The molecule has 0 aliphatic rings. The summed E-state index contributed by atoms with van der Waals surface area (Å²) in [6, 6.07) is 15.4. The number of nitrogens with zero attached hydrogens (tertiary/aromatic N) is 1. The van der Waals surface area contributed by atoms with Crippen molar-refractivity contribution in [1.82, 2.24) is 15.2 Å². The Hall–Kier alpha value is -3.28. The third-order valence-corrected chi connectivity index (χ3v) is 4.71. The Morgan fingerprint density at radius 2 is 1.96 bits per heavy atom. The van der Waals surface area contributed by atoms with Crippen LogP contribution in [0.2, 0.25) is 0 Å². The number of benzene rings is 2. The number of aromatic nitrogens is 1. The Labute approximate surface area is 164 Å². The largest absolute Gasteiger partial charge is 0.361 e. The number of aromatic amines is 1. The van der Waals surface area contributed by atoms with Gasteiger partial charge in [-0.2, -0.15) is 0 Å². The van der Waals surface area contributed by atoms with Crippen LogP contribution in [0, 0.1) is 0 Å². The van der Waals surface area contributed by atoms with Gasteiger partial charge in [-0.15, -0.1) is 0 Å². The second-order valence-corrected chi connectivity index (χ2v) is 6.89. The van der Waals surface area contributed by atoms with Gasteiger partial charge >= 0.3 is 6.03 Å². The normalized spacial score (nSPS) is 11.8. The molecule has 28 heavy (non-hydrogen) atoms. The Bertz CT molecular complexity index is 979. The molecule has 1 heterocycles. The van der Waals surface area contributed by atoms with Crippen LogP contribution in [0.5, 0.6) is 0 Å². The first-order chi connectivity index (χ1) is 13.5. The molecule has 146 valence electrons. The summed E-state index contributed by atoms with van der Waals surface area (Å²) in [5, 5.41) is 6.95. The van der Waals surface area contributed by atoms with Crippen LogP contribution >= 0.6 is 0 Å². The number of hydrogen-bond acceptors (Lipinski definition) is 2. The number of urea groups is 1. The zero-order valence-electron chi connectivity index (χ0n) is 16.5. The maximum atomic E-state index is 12.8. The van der Waals surface area contributed by atoms with Crippen LogP contribution in [-0.2, 0) is 11.3 Å². The Balaban J connectivity index is 1.66. The highest BCUT2D eigenvalue weighted by atomic mass is 16.2. The third kappa shape index (κ3) is 4.71. The van der Waals surface area contributed by atoms with Crippen molar-refractivity contribution in [3.05, 3.63) is 65.9 Å². The first kappa shape index (κ1) is 19.5. The fraction of sp³-hybridized carbons (Fsp3) is 0.273. The predicted molar refractivity (Wildman–Crippen MR) is 112 cm³/mol. The number of hydrogen-bond donors (Lipinski definition) is 3. The van der Waals surface area contributed by atoms with E-state index in [2.05, 4.69) is 21.7 Å². The smallest absolute Gasteiger partial charge is 0.318 e. The lowest BCUT2D eigenvalue weighted by molar-refractivity contribution is -0.114. The van der Waals surface area contributed by atoms with E-state index in [0.717, 1.165) is 27.7 Å². The molecule has 6 heteroatoms. The van der Waals surface area contributed by atoms with Crippen LogP contribution in [0.15, 0.2) is 54.7 Å². The molecule has 3 N–H and O–H groups in total. The number of carbonyl (C=O) groups excluding carboxylic acids is 2. The van der Waals surface area contributed by atoms with Gasteiger partial charge in [0.05, 0.1) is 6.04 Å². The van der Waals surface area contributed by atoms with Gasteiger partial charge in [0.15, 0.2) is 0 Å². The summed E-state index contributed by atoms with van der Waals surface area (Å²) < 4.78 is 0. The van der Waals surface area contributed by atoms with E-state index in [1.807, 2.05) is 62.5 Å². The third-order valence-electron chi connectivity index (χ3n) is 4.71. The molecule has 6 nitrogen and oxygen atoms in total. The van der Waals surface area contributed by atoms with E-state index in [0.29, 0.717) is 13.1 Å². The molecule has 0 aliphatic carbocycles.